The Kier molecular flexibility index (Phi) is 6.77. The second kappa shape index (κ2) is 10.3. The zero-order valence-electron chi connectivity index (χ0n) is 19.9. The number of likely N-dealkylation sites (tertiary alicyclic amines) is 1. The van der Waals surface area contributed by atoms with Gasteiger partial charge in [0, 0.05) is 55.5 Å². The summed E-state index contributed by atoms with van der Waals surface area (Å²) in [6.07, 6.45) is 13.3. The first-order valence-electron chi connectivity index (χ1n) is 12.2. The SMILES string of the molecule is Nc1nccn2c(C3CCCN(C(=O)CCO)C3)nc(C3C=CC(C(=O)Nc4ccccn4)=CC3)c12. The standard InChI is InChI=1S/C26H29N7O3/c27-24-23-22(17-6-8-18(9-7-17)26(36)30-20-5-1-2-11-28-20)31-25(33(23)14-12-29-24)19-4-3-13-32(16-19)21(35)10-15-34/h1-2,5-6,8-9,11-12,14,17,19,34H,3-4,7,10,13,15-16H2,(H2,27,29)(H,28,30,36). The quantitative estimate of drug-likeness (QED) is 0.485. The van der Waals surface area contributed by atoms with Gasteiger partial charge in [-0.25, -0.2) is 15.0 Å². The number of amides is 2. The fraction of sp³-hybridized carbons (Fsp3) is 0.346. The molecular weight excluding hydrogens is 458 g/mol. The van der Waals surface area contributed by atoms with E-state index in [1.165, 1.54) is 0 Å². The van der Waals surface area contributed by atoms with E-state index in [9.17, 15) is 14.7 Å². The summed E-state index contributed by atoms with van der Waals surface area (Å²) < 4.78 is 1.99. The lowest BCUT2D eigenvalue weighted by atomic mass is 9.93. The maximum absolute atomic E-state index is 12.7. The average molecular weight is 488 g/mol. The highest BCUT2D eigenvalue weighted by Gasteiger charge is 2.30. The molecule has 1 fully saturated rings. The fourth-order valence-electron chi connectivity index (χ4n) is 4.95. The number of aromatic nitrogens is 4. The number of carbonyl (C=O) groups excluding carboxylic acids is 2. The van der Waals surface area contributed by atoms with Crippen molar-refractivity contribution in [2.75, 3.05) is 30.7 Å². The Morgan fingerprint density at radius 2 is 2.11 bits per heavy atom. The molecule has 10 nitrogen and oxygen atoms in total. The van der Waals surface area contributed by atoms with Gasteiger partial charge in [0.2, 0.25) is 5.91 Å². The first-order chi connectivity index (χ1) is 17.5. The maximum atomic E-state index is 12.7. The lowest BCUT2D eigenvalue weighted by molar-refractivity contribution is -0.133. The number of piperidine rings is 1. The molecule has 0 radical (unpaired) electrons. The van der Waals surface area contributed by atoms with Crippen molar-refractivity contribution in [1.82, 2.24) is 24.3 Å². The molecular formula is C26H29N7O3. The van der Waals surface area contributed by atoms with Gasteiger partial charge in [-0.15, -0.1) is 0 Å². The van der Waals surface area contributed by atoms with Crippen LogP contribution >= 0.6 is 0 Å². The molecule has 3 aromatic heterocycles. The van der Waals surface area contributed by atoms with Crippen molar-refractivity contribution >= 4 is 29.0 Å². The number of hydrogen-bond acceptors (Lipinski definition) is 7. The van der Waals surface area contributed by atoms with Crippen molar-refractivity contribution in [2.45, 2.75) is 37.5 Å². The van der Waals surface area contributed by atoms with Gasteiger partial charge in [-0.1, -0.05) is 24.3 Å². The van der Waals surface area contributed by atoms with Crippen LogP contribution in [-0.4, -0.2) is 60.9 Å². The number of carbonyl (C=O) groups is 2. The third-order valence-electron chi connectivity index (χ3n) is 6.72. The molecule has 3 aromatic rings. The van der Waals surface area contributed by atoms with Gasteiger partial charge in [0.1, 0.15) is 23.0 Å². The largest absolute Gasteiger partial charge is 0.396 e. The summed E-state index contributed by atoms with van der Waals surface area (Å²) in [6.45, 7) is 1.09. The molecule has 2 atom stereocenters. The van der Waals surface area contributed by atoms with Crippen LogP contribution in [0.15, 0.2) is 60.6 Å². The highest BCUT2D eigenvalue weighted by atomic mass is 16.3. The molecule has 2 aliphatic rings. The van der Waals surface area contributed by atoms with Crippen molar-refractivity contribution in [3.63, 3.8) is 0 Å². The van der Waals surface area contributed by atoms with E-state index >= 15 is 0 Å². The minimum Gasteiger partial charge on any atom is -0.396 e. The van der Waals surface area contributed by atoms with Gasteiger partial charge in [-0.2, -0.15) is 0 Å². The van der Waals surface area contributed by atoms with E-state index in [1.807, 2.05) is 33.7 Å². The van der Waals surface area contributed by atoms with Crippen molar-refractivity contribution < 1.29 is 14.7 Å². The number of nitrogens with one attached hydrogen (secondary N) is 1. The number of hydrogen-bond donors (Lipinski definition) is 3. The van der Waals surface area contributed by atoms with Crippen LogP contribution in [0.3, 0.4) is 0 Å². The number of rotatable bonds is 6. The molecule has 0 aromatic carbocycles. The molecule has 10 heteroatoms. The molecule has 0 saturated carbocycles. The smallest absolute Gasteiger partial charge is 0.256 e. The number of allylic oxidation sites excluding steroid dienone is 2. The van der Waals surface area contributed by atoms with Crippen LogP contribution in [0.5, 0.6) is 0 Å². The van der Waals surface area contributed by atoms with Crippen LogP contribution in [0.4, 0.5) is 11.6 Å². The summed E-state index contributed by atoms with van der Waals surface area (Å²) in [5.41, 5.74) is 8.45. The monoisotopic (exact) mass is 487 g/mol. The molecule has 2 unspecified atom stereocenters. The molecule has 36 heavy (non-hydrogen) atoms. The van der Waals surface area contributed by atoms with E-state index in [2.05, 4.69) is 15.3 Å². The van der Waals surface area contributed by atoms with E-state index in [0.717, 1.165) is 29.9 Å². The van der Waals surface area contributed by atoms with Gasteiger partial charge in [0.15, 0.2) is 0 Å². The number of nitrogens with two attached hydrogens (primary N) is 1. The van der Waals surface area contributed by atoms with Crippen LogP contribution < -0.4 is 11.1 Å². The molecule has 5 rings (SSSR count). The number of aliphatic hydroxyl groups excluding tert-OH is 1. The minimum absolute atomic E-state index is 0.0404. The van der Waals surface area contributed by atoms with Crippen molar-refractivity contribution in [3.8, 4) is 0 Å². The topological polar surface area (TPSA) is 139 Å². The fourth-order valence-corrected chi connectivity index (χ4v) is 4.95. The molecule has 1 aliphatic carbocycles. The van der Waals surface area contributed by atoms with Crippen molar-refractivity contribution in [1.29, 1.82) is 0 Å². The van der Waals surface area contributed by atoms with E-state index in [-0.39, 0.29) is 36.7 Å². The Morgan fingerprint density at radius 3 is 2.86 bits per heavy atom. The summed E-state index contributed by atoms with van der Waals surface area (Å²) in [5, 5.41) is 12.0. The summed E-state index contributed by atoms with van der Waals surface area (Å²) >= 11 is 0. The molecule has 1 saturated heterocycles. The van der Waals surface area contributed by atoms with Crippen LogP contribution in [0.2, 0.25) is 0 Å². The van der Waals surface area contributed by atoms with Gasteiger partial charge in [-0.3, -0.25) is 14.0 Å². The number of fused-ring (bicyclic) bond motifs is 1. The van der Waals surface area contributed by atoms with Gasteiger partial charge in [0.25, 0.3) is 5.91 Å². The zero-order chi connectivity index (χ0) is 25.1. The van der Waals surface area contributed by atoms with Gasteiger partial charge >= 0.3 is 0 Å². The third kappa shape index (κ3) is 4.72. The maximum Gasteiger partial charge on any atom is 0.256 e. The summed E-state index contributed by atoms with van der Waals surface area (Å²) in [4.78, 5) is 40.3. The highest BCUT2D eigenvalue weighted by Crippen LogP contribution is 2.35. The summed E-state index contributed by atoms with van der Waals surface area (Å²) in [6, 6.07) is 5.35. The number of aliphatic hydroxyl groups is 1. The summed E-state index contributed by atoms with van der Waals surface area (Å²) in [7, 11) is 0. The first kappa shape index (κ1) is 23.7. The normalized spacial score (nSPS) is 19.8. The molecule has 4 heterocycles. The second-order valence-electron chi connectivity index (χ2n) is 9.07. The van der Waals surface area contributed by atoms with Gasteiger partial charge < -0.3 is 21.1 Å². The summed E-state index contributed by atoms with van der Waals surface area (Å²) in [5.74, 6) is 1.48. The first-order valence-corrected chi connectivity index (χ1v) is 12.2. The van der Waals surface area contributed by atoms with Crippen LogP contribution in [0, 0.1) is 0 Å². The van der Waals surface area contributed by atoms with Crippen molar-refractivity contribution in [2.24, 2.45) is 0 Å². The second-order valence-corrected chi connectivity index (χ2v) is 9.07. The van der Waals surface area contributed by atoms with E-state index in [4.69, 9.17) is 10.7 Å². The number of anilines is 2. The van der Waals surface area contributed by atoms with Crippen LogP contribution in [0.25, 0.3) is 5.52 Å². The molecule has 4 N–H and O–H groups in total. The number of imidazole rings is 1. The van der Waals surface area contributed by atoms with E-state index in [1.54, 1.807) is 30.6 Å². The molecule has 0 spiro atoms. The van der Waals surface area contributed by atoms with Crippen LogP contribution in [-0.2, 0) is 9.59 Å². The zero-order valence-corrected chi connectivity index (χ0v) is 19.9. The van der Waals surface area contributed by atoms with E-state index < -0.39 is 0 Å². The Balaban J connectivity index is 1.39. The number of nitrogens with zero attached hydrogens (tertiary/aromatic N) is 5. The molecule has 186 valence electrons. The lowest BCUT2D eigenvalue weighted by Gasteiger charge is -2.32. The van der Waals surface area contributed by atoms with Gasteiger partial charge in [-0.05, 0) is 31.4 Å². The van der Waals surface area contributed by atoms with Gasteiger partial charge in [0.05, 0.1) is 12.3 Å². The number of pyridine rings is 1. The third-order valence-corrected chi connectivity index (χ3v) is 6.72. The van der Waals surface area contributed by atoms with E-state index in [0.29, 0.717) is 36.7 Å². The molecule has 1 aliphatic heterocycles. The Morgan fingerprint density at radius 1 is 1.22 bits per heavy atom. The lowest BCUT2D eigenvalue weighted by Crippen LogP contribution is -2.39. The van der Waals surface area contributed by atoms with Crippen molar-refractivity contribution in [3.05, 3.63) is 72.1 Å². The molecule has 2 amide bonds. The Bertz CT molecular complexity index is 1330. The Labute approximate surface area is 208 Å². The highest BCUT2D eigenvalue weighted by molar-refractivity contribution is 6.05. The average Bonchev–Trinajstić information content (AvgIpc) is 3.31. The van der Waals surface area contributed by atoms with Crippen LogP contribution in [0.1, 0.15) is 49.0 Å². The number of nitrogen functional groups attached to an aromatic ring is 1. The predicted octanol–water partition coefficient (Wildman–Crippen LogP) is 2.40. The minimum atomic E-state index is -0.213. The predicted molar refractivity (Wildman–Crippen MR) is 135 cm³/mol. The Hall–Kier alpha value is -4.05. The molecule has 0 bridgehead atoms.